The van der Waals surface area contributed by atoms with Crippen molar-refractivity contribution in [2.45, 2.75) is 13.0 Å². The molecule has 2 rings (SSSR count). The molecule has 0 aliphatic carbocycles. The van der Waals surface area contributed by atoms with E-state index in [1.807, 2.05) is 60.5 Å². The van der Waals surface area contributed by atoms with Gasteiger partial charge in [0.15, 0.2) is 0 Å². The Balaban J connectivity index is 1.67. The largest absolute Gasteiger partial charge is 0.351 e. The maximum Gasteiger partial charge on any atom is 0.234 e. The summed E-state index contributed by atoms with van der Waals surface area (Å²) >= 11 is 0. The molecule has 0 bridgehead atoms. The van der Waals surface area contributed by atoms with Crippen LogP contribution in [0.15, 0.2) is 60.7 Å². The quantitative estimate of drug-likeness (QED) is 0.846. The summed E-state index contributed by atoms with van der Waals surface area (Å²) in [4.78, 5) is 13.9. The zero-order chi connectivity index (χ0) is 14.9. The third-order valence-electron chi connectivity index (χ3n) is 3.37. The van der Waals surface area contributed by atoms with Gasteiger partial charge in [-0.05, 0) is 24.6 Å². The number of hydrogen-bond donors (Lipinski definition) is 1. The number of hydrogen-bond acceptors (Lipinski definition) is 2. The first kappa shape index (κ1) is 15.3. The topological polar surface area (TPSA) is 32.3 Å². The summed E-state index contributed by atoms with van der Waals surface area (Å²) in [7, 11) is 1.98. The fourth-order valence-corrected chi connectivity index (χ4v) is 2.14. The Kier molecular flexibility index (Phi) is 5.98. The number of amides is 1. The van der Waals surface area contributed by atoms with E-state index in [1.54, 1.807) is 0 Å². The number of rotatable bonds is 7. The van der Waals surface area contributed by atoms with Crippen LogP contribution >= 0.6 is 0 Å². The molecule has 0 saturated carbocycles. The fraction of sp³-hybridized carbons (Fsp3) is 0.278. The van der Waals surface area contributed by atoms with Crippen molar-refractivity contribution in [3.63, 3.8) is 0 Å². The van der Waals surface area contributed by atoms with Gasteiger partial charge < -0.3 is 5.32 Å². The summed E-state index contributed by atoms with van der Waals surface area (Å²) in [5.41, 5.74) is 2.42. The average molecular weight is 282 g/mol. The number of benzene rings is 2. The van der Waals surface area contributed by atoms with Gasteiger partial charge >= 0.3 is 0 Å². The highest BCUT2D eigenvalue weighted by Gasteiger charge is 2.06. The molecule has 0 saturated heterocycles. The molecule has 0 fully saturated rings. The number of nitrogens with one attached hydrogen (secondary N) is 1. The minimum atomic E-state index is 0.0643. The molecule has 2 aromatic rings. The first-order chi connectivity index (χ1) is 10.2. The van der Waals surface area contributed by atoms with Gasteiger partial charge in [0, 0.05) is 13.1 Å². The Morgan fingerprint density at radius 3 is 2.14 bits per heavy atom. The molecule has 110 valence electrons. The first-order valence-corrected chi connectivity index (χ1v) is 7.27. The zero-order valence-electron chi connectivity index (χ0n) is 12.5. The van der Waals surface area contributed by atoms with Crippen molar-refractivity contribution in [2.75, 3.05) is 20.1 Å². The minimum absolute atomic E-state index is 0.0643. The van der Waals surface area contributed by atoms with E-state index < -0.39 is 0 Å². The van der Waals surface area contributed by atoms with Gasteiger partial charge in [0.25, 0.3) is 0 Å². The molecule has 21 heavy (non-hydrogen) atoms. The highest BCUT2D eigenvalue weighted by molar-refractivity contribution is 5.77. The molecule has 0 radical (unpaired) electrons. The maximum absolute atomic E-state index is 11.9. The number of carbonyl (C=O) groups is 1. The van der Waals surface area contributed by atoms with Crippen LogP contribution in [0.2, 0.25) is 0 Å². The van der Waals surface area contributed by atoms with E-state index in [0.717, 1.165) is 18.5 Å². The number of nitrogens with zero attached hydrogens (tertiary/aromatic N) is 1. The van der Waals surface area contributed by atoms with Crippen LogP contribution in [0.3, 0.4) is 0 Å². The average Bonchev–Trinajstić information content (AvgIpc) is 2.53. The third-order valence-corrected chi connectivity index (χ3v) is 3.37. The van der Waals surface area contributed by atoms with Gasteiger partial charge in [0.05, 0.1) is 6.54 Å². The predicted molar refractivity (Wildman–Crippen MR) is 85.9 cm³/mol. The van der Waals surface area contributed by atoms with Crippen LogP contribution in [0.5, 0.6) is 0 Å². The lowest BCUT2D eigenvalue weighted by Gasteiger charge is -2.16. The van der Waals surface area contributed by atoms with E-state index in [9.17, 15) is 4.79 Å². The predicted octanol–water partition coefficient (Wildman–Crippen LogP) is 2.48. The highest BCUT2D eigenvalue weighted by Crippen LogP contribution is 2.01. The Bertz CT molecular complexity index is 540. The second-order valence-electron chi connectivity index (χ2n) is 5.24. The van der Waals surface area contributed by atoms with Crippen molar-refractivity contribution in [3.8, 4) is 0 Å². The van der Waals surface area contributed by atoms with Gasteiger partial charge in [-0.25, -0.2) is 0 Å². The van der Waals surface area contributed by atoms with E-state index in [4.69, 9.17) is 0 Å². The van der Waals surface area contributed by atoms with E-state index in [-0.39, 0.29) is 5.91 Å². The number of likely N-dealkylation sites (N-methyl/N-ethyl adjacent to an activating group) is 1. The van der Waals surface area contributed by atoms with Crippen LogP contribution in [0, 0.1) is 0 Å². The summed E-state index contributed by atoms with van der Waals surface area (Å²) < 4.78 is 0. The molecule has 0 aromatic heterocycles. The van der Waals surface area contributed by atoms with Crippen LogP contribution in [0.4, 0.5) is 0 Å². The van der Waals surface area contributed by atoms with Crippen molar-refractivity contribution in [3.05, 3.63) is 71.8 Å². The summed E-state index contributed by atoms with van der Waals surface area (Å²) in [6.45, 7) is 1.90. The lowest BCUT2D eigenvalue weighted by molar-refractivity contribution is -0.122. The SMILES string of the molecule is CN(CCc1ccccc1)CC(=O)NCc1ccccc1. The lowest BCUT2D eigenvalue weighted by atomic mass is 10.1. The van der Waals surface area contributed by atoms with Gasteiger partial charge in [-0.1, -0.05) is 60.7 Å². The van der Waals surface area contributed by atoms with Gasteiger partial charge in [-0.2, -0.15) is 0 Å². The Hall–Kier alpha value is -2.13. The van der Waals surface area contributed by atoms with E-state index in [2.05, 4.69) is 17.4 Å². The molecule has 0 aliphatic rings. The molecule has 0 heterocycles. The molecule has 1 amide bonds. The monoisotopic (exact) mass is 282 g/mol. The van der Waals surface area contributed by atoms with Crippen molar-refractivity contribution in [2.24, 2.45) is 0 Å². The molecule has 2 aromatic carbocycles. The smallest absolute Gasteiger partial charge is 0.234 e. The summed E-state index contributed by atoms with van der Waals surface area (Å²) in [5.74, 6) is 0.0643. The Labute approximate surface area is 126 Å². The van der Waals surface area contributed by atoms with Crippen LogP contribution in [-0.2, 0) is 17.8 Å². The standard InChI is InChI=1S/C18H22N2O/c1-20(13-12-16-8-4-2-5-9-16)15-18(21)19-14-17-10-6-3-7-11-17/h2-11H,12-15H2,1H3,(H,19,21). The van der Waals surface area contributed by atoms with Crippen LogP contribution in [0.1, 0.15) is 11.1 Å². The number of carbonyl (C=O) groups excluding carboxylic acids is 1. The Morgan fingerprint density at radius 1 is 0.952 bits per heavy atom. The lowest BCUT2D eigenvalue weighted by Crippen LogP contribution is -2.35. The maximum atomic E-state index is 11.9. The fourth-order valence-electron chi connectivity index (χ4n) is 2.14. The van der Waals surface area contributed by atoms with Gasteiger partial charge in [-0.15, -0.1) is 0 Å². The van der Waals surface area contributed by atoms with Crippen molar-refractivity contribution in [1.29, 1.82) is 0 Å². The first-order valence-electron chi connectivity index (χ1n) is 7.27. The van der Waals surface area contributed by atoms with Crippen LogP contribution in [-0.4, -0.2) is 30.9 Å². The Morgan fingerprint density at radius 2 is 1.52 bits per heavy atom. The molecule has 0 spiro atoms. The third kappa shape index (κ3) is 5.79. The molecular formula is C18H22N2O. The molecule has 1 N–H and O–H groups in total. The molecular weight excluding hydrogens is 260 g/mol. The van der Waals surface area contributed by atoms with Crippen LogP contribution < -0.4 is 5.32 Å². The second kappa shape index (κ2) is 8.22. The molecule has 3 nitrogen and oxygen atoms in total. The van der Waals surface area contributed by atoms with Crippen LogP contribution in [0.25, 0.3) is 0 Å². The van der Waals surface area contributed by atoms with Crippen molar-refractivity contribution < 1.29 is 4.79 Å². The van der Waals surface area contributed by atoms with E-state index in [1.165, 1.54) is 5.56 Å². The van der Waals surface area contributed by atoms with E-state index in [0.29, 0.717) is 13.1 Å². The minimum Gasteiger partial charge on any atom is -0.351 e. The van der Waals surface area contributed by atoms with Gasteiger partial charge in [0.2, 0.25) is 5.91 Å². The highest BCUT2D eigenvalue weighted by atomic mass is 16.2. The van der Waals surface area contributed by atoms with Crippen molar-refractivity contribution >= 4 is 5.91 Å². The van der Waals surface area contributed by atoms with Gasteiger partial charge in [0.1, 0.15) is 0 Å². The zero-order valence-corrected chi connectivity index (χ0v) is 12.5. The summed E-state index contributed by atoms with van der Waals surface area (Å²) in [6.07, 6.45) is 0.962. The van der Waals surface area contributed by atoms with Gasteiger partial charge in [-0.3, -0.25) is 9.69 Å². The molecule has 3 heteroatoms. The molecule has 0 atom stereocenters. The second-order valence-corrected chi connectivity index (χ2v) is 5.24. The van der Waals surface area contributed by atoms with E-state index >= 15 is 0 Å². The van der Waals surface area contributed by atoms with Crippen molar-refractivity contribution in [1.82, 2.24) is 10.2 Å². The molecule has 0 unspecified atom stereocenters. The normalized spacial score (nSPS) is 10.6. The summed E-state index contributed by atoms with van der Waals surface area (Å²) in [6, 6.07) is 20.3. The summed E-state index contributed by atoms with van der Waals surface area (Å²) in [5, 5.41) is 2.95. The molecule has 0 aliphatic heterocycles.